The van der Waals surface area contributed by atoms with Gasteiger partial charge in [-0.2, -0.15) is 0 Å². The van der Waals surface area contributed by atoms with Gasteiger partial charge in [0.25, 0.3) is 0 Å². The molecule has 0 heterocycles. The second-order valence-corrected chi connectivity index (χ2v) is 3.68. The van der Waals surface area contributed by atoms with Crippen molar-refractivity contribution in [1.29, 1.82) is 0 Å². The minimum atomic E-state index is 0.0319. The van der Waals surface area contributed by atoms with Gasteiger partial charge in [-0.3, -0.25) is 0 Å². The number of ether oxygens (including phenoxy) is 4. The van der Waals surface area contributed by atoms with Crippen molar-refractivity contribution in [2.24, 2.45) is 0 Å². The summed E-state index contributed by atoms with van der Waals surface area (Å²) in [5.41, 5.74) is 0.849. The highest BCUT2D eigenvalue weighted by molar-refractivity contribution is 5.62. The minimum absolute atomic E-state index is 0.0319. The van der Waals surface area contributed by atoms with Gasteiger partial charge >= 0.3 is 0 Å². The van der Waals surface area contributed by atoms with Crippen LogP contribution < -0.4 is 19.5 Å². The highest BCUT2D eigenvalue weighted by Crippen LogP contribution is 2.39. The van der Waals surface area contributed by atoms with Gasteiger partial charge < -0.3 is 29.4 Å². The average Bonchev–Trinajstić information content (AvgIpc) is 2.45. The third kappa shape index (κ3) is 4.50. The minimum Gasteiger partial charge on any atom is -0.493 e. The smallest absolute Gasteiger partial charge is 0.203 e. The maximum atomic E-state index is 8.58. The van der Waals surface area contributed by atoms with E-state index < -0.39 is 0 Å². The summed E-state index contributed by atoms with van der Waals surface area (Å²) in [5, 5.41) is 11.8. The first-order chi connectivity index (χ1) is 9.26. The second-order valence-electron chi connectivity index (χ2n) is 3.68. The van der Waals surface area contributed by atoms with Crippen molar-refractivity contribution in [3.8, 4) is 17.2 Å². The van der Waals surface area contributed by atoms with Crippen LogP contribution in [0.25, 0.3) is 0 Å². The van der Waals surface area contributed by atoms with Crippen LogP contribution in [0.4, 0.5) is 5.69 Å². The fourth-order valence-electron chi connectivity index (χ4n) is 1.62. The largest absolute Gasteiger partial charge is 0.493 e. The molecule has 0 saturated carbocycles. The summed E-state index contributed by atoms with van der Waals surface area (Å²) in [7, 11) is 4.72. The van der Waals surface area contributed by atoms with Gasteiger partial charge in [0.15, 0.2) is 11.5 Å². The molecular formula is C13H21NO5. The summed E-state index contributed by atoms with van der Waals surface area (Å²) >= 11 is 0. The highest BCUT2D eigenvalue weighted by Gasteiger charge is 2.12. The van der Waals surface area contributed by atoms with Crippen LogP contribution in [-0.2, 0) is 4.74 Å². The molecule has 0 atom stereocenters. The standard InChI is InChI=1S/C13H21NO5/c1-16-11-8-10(14-4-6-19-7-5-15)9-12(17-2)13(11)18-3/h8-9,14-15H,4-7H2,1-3H3. The molecule has 6 nitrogen and oxygen atoms in total. The van der Waals surface area contributed by atoms with Crippen LogP contribution in [0.1, 0.15) is 0 Å². The topological polar surface area (TPSA) is 69.2 Å². The van der Waals surface area contributed by atoms with E-state index in [1.54, 1.807) is 21.3 Å². The van der Waals surface area contributed by atoms with Crippen LogP contribution in [0.5, 0.6) is 17.2 Å². The van der Waals surface area contributed by atoms with Gasteiger partial charge in [-0.15, -0.1) is 0 Å². The molecule has 6 heteroatoms. The first-order valence-electron chi connectivity index (χ1n) is 5.99. The molecule has 0 amide bonds. The quantitative estimate of drug-likeness (QED) is 0.656. The van der Waals surface area contributed by atoms with E-state index in [0.717, 1.165) is 5.69 Å². The normalized spacial score (nSPS) is 10.1. The lowest BCUT2D eigenvalue weighted by atomic mass is 10.2. The van der Waals surface area contributed by atoms with Crippen molar-refractivity contribution < 1.29 is 24.1 Å². The third-order valence-electron chi connectivity index (χ3n) is 2.48. The van der Waals surface area contributed by atoms with Crippen LogP contribution in [0, 0.1) is 0 Å². The molecule has 0 aromatic heterocycles. The Morgan fingerprint density at radius 2 is 1.63 bits per heavy atom. The zero-order valence-corrected chi connectivity index (χ0v) is 11.6. The molecule has 0 unspecified atom stereocenters. The van der Waals surface area contributed by atoms with Crippen molar-refractivity contribution >= 4 is 5.69 Å². The molecule has 0 radical (unpaired) electrons. The summed E-state index contributed by atoms with van der Waals surface area (Å²) < 4.78 is 20.9. The Kier molecular flexibility index (Phi) is 6.84. The fourth-order valence-corrected chi connectivity index (χ4v) is 1.62. The zero-order chi connectivity index (χ0) is 14.1. The molecule has 0 spiro atoms. The summed E-state index contributed by atoms with van der Waals surface area (Å²) in [6.45, 7) is 1.51. The molecule has 0 fully saturated rings. The number of hydrogen-bond donors (Lipinski definition) is 2. The first-order valence-corrected chi connectivity index (χ1v) is 5.99. The third-order valence-corrected chi connectivity index (χ3v) is 2.48. The van der Waals surface area contributed by atoms with Gasteiger partial charge in [0, 0.05) is 24.4 Å². The molecule has 19 heavy (non-hydrogen) atoms. The highest BCUT2D eigenvalue weighted by atomic mass is 16.5. The molecule has 0 aliphatic carbocycles. The average molecular weight is 271 g/mol. The number of rotatable bonds is 9. The van der Waals surface area contributed by atoms with E-state index in [0.29, 0.717) is 37.0 Å². The lowest BCUT2D eigenvalue weighted by Crippen LogP contribution is -2.11. The van der Waals surface area contributed by atoms with Crippen molar-refractivity contribution in [2.75, 3.05) is 53.0 Å². The van der Waals surface area contributed by atoms with Crippen molar-refractivity contribution in [3.63, 3.8) is 0 Å². The Hall–Kier alpha value is -1.66. The predicted molar refractivity (Wildman–Crippen MR) is 72.5 cm³/mol. The molecule has 0 bridgehead atoms. The number of benzene rings is 1. The molecule has 0 saturated heterocycles. The first kappa shape index (κ1) is 15.4. The molecule has 0 aliphatic heterocycles. The predicted octanol–water partition coefficient (Wildman–Crippen LogP) is 1.13. The number of aliphatic hydroxyl groups excluding tert-OH is 1. The number of aliphatic hydroxyl groups is 1. The molecule has 1 rings (SSSR count). The van der Waals surface area contributed by atoms with E-state index in [9.17, 15) is 0 Å². The van der Waals surface area contributed by atoms with Gasteiger partial charge in [0.1, 0.15) is 0 Å². The van der Waals surface area contributed by atoms with E-state index >= 15 is 0 Å². The Balaban J connectivity index is 2.68. The maximum Gasteiger partial charge on any atom is 0.203 e. The number of hydrogen-bond acceptors (Lipinski definition) is 6. The summed E-state index contributed by atoms with van der Waals surface area (Å²) in [5.74, 6) is 1.76. The number of anilines is 1. The Labute approximate surface area is 113 Å². The molecular weight excluding hydrogens is 250 g/mol. The van der Waals surface area contributed by atoms with E-state index in [2.05, 4.69) is 5.32 Å². The van der Waals surface area contributed by atoms with Crippen LogP contribution in [0.2, 0.25) is 0 Å². The fraction of sp³-hybridized carbons (Fsp3) is 0.538. The maximum absolute atomic E-state index is 8.58. The lowest BCUT2D eigenvalue weighted by Gasteiger charge is -2.15. The van der Waals surface area contributed by atoms with Crippen LogP contribution in [0.15, 0.2) is 12.1 Å². The van der Waals surface area contributed by atoms with E-state index in [1.165, 1.54) is 0 Å². The number of nitrogens with one attached hydrogen (secondary N) is 1. The van der Waals surface area contributed by atoms with E-state index in [4.69, 9.17) is 24.1 Å². The monoisotopic (exact) mass is 271 g/mol. The molecule has 1 aromatic rings. The molecule has 1 aromatic carbocycles. The summed E-state index contributed by atoms with van der Waals surface area (Å²) in [4.78, 5) is 0. The molecule has 2 N–H and O–H groups in total. The summed E-state index contributed by atoms with van der Waals surface area (Å²) in [6.07, 6.45) is 0. The van der Waals surface area contributed by atoms with Crippen LogP contribution >= 0.6 is 0 Å². The van der Waals surface area contributed by atoms with E-state index in [1.807, 2.05) is 12.1 Å². The van der Waals surface area contributed by atoms with Crippen molar-refractivity contribution in [1.82, 2.24) is 0 Å². The van der Waals surface area contributed by atoms with Crippen molar-refractivity contribution in [3.05, 3.63) is 12.1 Å². The van der Waals surface area contributed by atoms with E-state index in [-0.39, 0.29) is 6.61 Å². The van der Waals surface area contributed by atoms with Gasteiger partial charge in [0.2, 0.25) is 5.75 Å². The van der Waals surface area contributed by atoms with Gasteiger partial charge in [-0.05, 0) is 0 Å². The van der Waals surface area contributed by atoms with Crippen LogP contribution in [-0.4, -0.2) is 52.8 Å². The van der Waals surface area contributed by atoms with Gasteiger partial charge in [-0.1, -0.05) is 0 Å². The zero-order valence-electron chi connectivity index (χ0n) is 11.6. The Morgan fingerprint density at radius 1 is 1.00 bits per heavy atom. The summed E-state index contributed by atoms with van der Waals surface area (Å²) in [6, 6.07) is 3.65. The van der Waals surface area contributed by atoms with Crippen LogP contribution in [0.3, 0.4) is 0 Å². The second kappa shape index (κ2) is 8.44. The van der Waals surface area contributed by atoms with Gasteiger partial charge in [0.05, 0.1) is 41.2 Å². The Morgan fingerprint density at radius 3 is 2.11 bits per heavy atom. The molecule has 108 valence electrons. The SMILES string of the molecule is COc1cc(NCCOCCO)cc(OC)c1OC. The lowest BCUT2D eigenvalue weighted by molar-refractivity contribution is 0.0992. The molecule has 0 aliphatic rings. The Bertz CT molecular complexity index is 358. The number of methoxy groups -OCH3 is 3. The van der Waals surface area contributed by atoms with Gasteiger partial charge in [-0.25, -0.2) is 0 Å². The van der Waals surface area contributed by atoms with Crippen molar-refractivity contribution in [2.45, 2.75) is 0 Å².